The third kappa shape index (κ3) is 5.86. The number of hydrogen-bond donors (Lipinski definition) is 0. The molecule has 0 N–H and O–H groups in total. The highest BCUT2D eigenvalue weighted by molar-refractivity contribution is 5.80. The van der Waals surface area contributed by atoms with Gasteiger partial charge in [0.15, 0.2) is 0 Å². The number of nitrogens with zero attached hydrogens (tertiary/aromatic N) is 1. The van der Waals surface area contributed by atoms with Gasteiger partial charge in [-0.2, -0.15) is 0 Å². The lowest BCUT2D eigenvalue weighted by molar-refractivity contribution is -0.148. The van der Waals surface area contributed by atoms with Crippen LogP contribution in [-0.2, 0) is 20.7 Å². The zero-order chi connectivity index (χ0) is 14.1. The monoisotopic (exact) mass is 261 g/mol. The van der Waals surface area contributed by atoms with Gasteiger partial charge in [0, 0.05) is 19.9 Å². The zero-order valence-corrected chi connectivity index (χ0v) is 11.2. The van der Waals surface area contributed by atoms with Crippen molar-refractivity contribution in [2.24, 2.45) is 0 Å². The summed E-state index contributed by atoms with van der Waals surface area (Å²) in [6.07, 6.45) is 2.26. The van der Waals surface area contributed by atoms with Gasteiger partial charge in [-0.05, 0) is 5.56 Å². The van der Waals surface area contributed by atoms with Gasteiger partial charge in [0.2, 0.25) is 5.91 Å². The minimum atomic E-state index is -0.395. The second kappa shape index (κ2) is 8.08. The van der Waals surface area contributed by atoms with Crippen molar-refractivity contribution in [3.63, 3.8) is 0 Å². The first kappa shape index (κ1) is 15.0. The summed E-state index contributed by atoms with van der Waals surface area (Å²) in [5.74, 6) is -0.562. The molecule has 1 amide bonds. The van der Waals surface area contributed by atoms with Crippen molar-refractivity contribution in [3.05, 3.63) is 48.6 Å². The van der Waals surface area contributed by atoms with Crippen LogP contribution in [-0.4, -0.2) is 36.5 Å². The molecule has 4 heteroatoms. The van der Waals surface area contributed by atoms with Gasteiger partial charge in [-0.1, -0.05) is 36.4 Å². The first-order chi connectivity index (χ1) is 9.13. The number of amides is 1. The van der Waals surface area contributed by atoms with Crippen LogP contribution in [0.3, 0.4) is 0 Å². The van der Waals surface area contributed by atoms with Crippen molar-refractivity contribution >= 4 is 11.9 Å². The second-order valence-corrected chi connectivity index (χ2v) is 4.14. The highest BCUT2D eigenvalue weighted by Gasteiger charge is 2.12. The van der Waals surface area contributed by atoms with Crippen LogP contribution in [0.5, 0.6) is 0 Å². The molecule has 0 fully saturated rings. The van der Waals surface area contributed by atoms with Gasteiger partial charge in [-0.3, -0.25) is 9.59 Å². The summed E-state index contributed by atoms with van der Waals surface area (Å²) in [6, 6.07) is 9.79. The van der Waals surface area contributed by atoms with Gasteiger partial charge >= 0.3 is 5.97 Å². The fraction of sp³-hybridized carbons (Fsp3) is 0.333. The summed E-state index contributed by atoms with van der Waals surface area (Å²) in [4.78, 5) is 24.2. The predicted octanol–water partition coefficient (Wildman–Crippen LogP) is 1.81. The second-order valence-electron chi connectivity index (χ2n) is 4.14. The molecule has 0 atom stereocenters. The Morgan fingerprint density at radius 3 is 2.58 bits per heavy atom. The molecular weight excluding hydrogens is 242 g/mol. The van der Waals surface area contributed by atoms with Crippen LogP contribution in [0.4, 0.5) is 0 Å². The molecule has 0 aliphatic carbocycles. The molecule has 0 heterocycles. The lowest BCUT2D eigenvalue weighted by Gasteiger charge is -2.17. The molecule has 1 aromatic rings. The lowest BCUT2D eigenvalue weighted by atomic mass is 10.2. The third-order valence-corrected chi connectivity index (χ3v) is 2.61. The van der Waals surface area contributed by atoms with E-state index in [9.17, 15) is 9.59 Å². The quantitative estimate of drug-likeness (QED) is 0.555. The Balaban J connectivity index is 2.31. The van der Waals surface area contributed by atoms with Gasteiger partial charge in [0.05, 0.1) is 6.61 Å². The van der Waals surface area contributed by atoms with Crippen LogP contribution in [0.2, 0.25) is 0 Å². The highest BCUT2D eigenvalue weighted by atomic mass is 16.5. The smallest absolute Gasteiger partial charge is 0.325 e. The topological polar surface area (TPSA) is 46.6 Å². The number of esters is 1. The van der Waals surface area contributed by atoms with Gasteiger partial charge in [0.1, 0.15) is 6.54 Å². The number of carbonyl (C=O) groups excluding carboxylic acids is 2. The lowest BCUT2D eigenvalue weighted by Crippen LogP contribution is -2.35. The Labute approximate surface area is 113 Å². The van der Waals surface area contributed by atoms with Crippen LogP contribution >= 0.6 is 0 Å². The van der Waals surface area contributed by atoms with Gasteiger partial charge in [0.25, 0.3) is 0 Å². The van der Waals surface area contributed by atoms with E-state index in [4.69, 9.17) is 4.74 Å². The zero-order valence-electron chi connectivity index (χ0n) is 11.2. The van der Waals surface area contributed by atoms with Crippen molar-refractivity contribution in [1.82, 2.24) is 4.90 Å². The molecule has 1 aromatic carbocycles. The Hall–Kier alpha value is -2.10. The molecule has 0 saturated carbocycles. The van der Waals surface area contributed by atoms with Crippen molar-refractivity contribution < 1.29 is 14.3 Å². The molecule has 0 aromatic heterocycles. The maximum Gasteiger partial charge on any atom is 0.325 e. The predicted molar refractivity (Wildman–Crippen MR) is 73.6 cm³/mol. The van der Waals surface area contributed by atoms with Gasteiger partial charge in [-0.25, -0.2) is 0 Å². The van der Waals surface area contributed by atoms with E-state index < -0.39 is 5.97 Å². The fourth-order valence-corrected chi connectivity index (χ4v) is 1.59. The Kier molecular flexibility index (Phi) is 6.36. The molecule has 0 saturated heterocycles. The summed E-state index contributed by atoms with van der Waals surface area (Å²) < 4.78 is 5.11. The maximum atomic E-state index is 11.6. The number of rotatable bonds is 7. The van der Waals surface area contributed by atoms with Crippen LogP contribution in [0, 0.1) is 0 Å². The van der Waals surface area contributed by atoms with Crippen molar-refractivity contribution in [2.45, 2.75) is 13.3 Å². The van der Waals surface area contributed by atoms with E-state index in [2.05, 4.69) is 6.58 Å². The first-order valence-corrected chi connectivity index (χ1v) is 6.19. The normalized spacial score (nSPS) is 9.74. The van der Waals surface area contributed by atoms with E-state index in [1.165, 1.54) is 11.8 Å². The van der Waals surface area contributed by atoms with E-state index in [-0.39, 0.29) is 12.5 Å². The van der Waals surface area contributed by atoms with Crippen molar-refractivity contribution in [3.8, 4) is 0 Å². The standard InChI is InChI=1S/C15H19NO3/c1-3-10-16(13(2)17)12-15(18)19-11-9-14-7-5-4-6-8-14/h3-8H,1,9-12H2,2H3. The molecule has 0 aliphatic rings. The van der Waals surface area contributed by atoms with E-state index >= 15 is 0 Å². The Morgan fingerprint density at radius 2 is 2.00 bits per heavy atom. The molecular formula is C15H19NO3. The Morgan fingerprint density at radius 1 is 1.32 bits per heavy atom. The number of hydrogen-bond acceptors (Lipinski definition) is 3. The van der Waals surface area contributed by atoms with Crippen molar-refractivity contribution in [1.29, 1.82) is 0 Å². The fourth-order valence-electron chi connectivity index (χ4n) is 1.59. The largest absolute Gasteiger partial charge is 0.464 e. The van der Waals surface area contributed by atoms with Gasteiger partial charge in [-0.15, -0.1) is 6.58 Å². The van der Waals surface area contributed by atoms with Crippen LogP contribution in [0.15, 0.2) is 43.0 Å². The molecule has 19 heavy (non-hydrogen) atoms. The molecule has 0 unspecified atom stereocenters. The number of benzene rings is 1. The van der Waals surface area contributed by atoms with E-state index in [0.29, 0.717) is 19.6 Å². The third-order valence-electron chi connectivity index (χ3n) is 2.61. The minimum absolute atomic E-state index is 0.0316. The molecule has 0 aliphatic heterocycles. The van der Waals surface area contributed by atoms with Crippen molar-refractivity contribution in [2.75, 3.05) is 19.7 Å². The van der Waals surface area contributed by atoms with Gasteiger partial charge < -0.3 is 9.64 Å². The molecule has 0 bridgehead atoms. The van der Waals surface area contributed by atoms with Crippen LogP contribution in [0.25, 0.3) is 0 Å². The molecule has 1 rings (SSSR count). The van der Waals surface area contributed by atoms with Crippen LogP contribution in [0.1, 0.15) is 12.5 Å². The average Bonchev–Trinajstić information content (AvgIpc) is 2.39. The SMILES string of the molecule is C=CCN(CC(=O)OCCc1ccccc1)C(C)=O. The van der Waals surface area contributed by atoms with E-state index in [0.717, 1.165) is 5.56 Å². The summed E-state index contributed by atoms with van der Waals surface area (Å²) >= 11 is 0. The Bertz CT molecular complexity index is 428. The molecule has 102 valence electrons. The maximum absolute atomic E-state index is 11.6. The number of carbonyl (C=O) groups is 2. The molecule has 4 nitrogen and oxygen atoms in total. The summed E-state index contributed by atoms with van der Waals surface area (Å²) in [5, 5.41) is 0. The molecule has 0 spiro atoms. The molecule has 0 radical (unpaired) electrons. The average molecular weight is 261 g/mol. The number of ether oxygens (including phenoxy) is 1. The van der Waals surface area contributed by atoms with E-state index in [1.807, 2.05) is 30.3 Å². The first-order valence-electron chi connectivity index (χ1n) is 6.19. The van der Waals surface area contributed by atoms with Crippen LogP contribution < -0.4 is 0 Å². The summed E-state index contributed by atoms with van der Waals surface area (Å²) in [6.45, 7) is 5.60. The minimum Gasteiger partial charge on any atom is -0.464 e. The summed E-state index contributed by atoms with van der Waals surface area (Å²) in [5.41, 5.74) is 1.12. The highest BCUT2D eigenvalue weighted by Crippen LogP contribution is 2.00. The summed E-state index contributed by atoms with van der Waals surface area (Å²) in [7, 11) is 0. The van der Waals surface area contributed by atoms with E-state index in [1.54, 1.807) is 6.08 Å².